The van der Waals surface area contributed by atoms with Crippen LogP contribution in [0.5, 0.6) is 0 Å². The number of benzene rings is 2. The van der Waals surface area contributed by atoms with Crippen LogP contribution in [0.4, 0.5) is 14.5 Å². The smallest absolute Gasteiger partial charge is 0.174 e. The monoisotopic (exact) mass is 237 g/mol. The van der Waals surface area contributed by atoms with Crippen LogP contribution >= 0.6 is 11.8 Å². The zero-order valence-electron chi connectivity index (χ0n) is 8.28. The highest BCUT2D eigenvalue weighted by Crippen LogP contribution is 2.34. The van der Waals surface area contributed by atoms with E-state index in [0.717, 1.165) is 22.7 Å². The molecule has 0 radical (unpaired) electrons. The van der Waals surface area contributed by atoms with Crippen molar-refractivity contribution in [3.8, 4) is 0 Å². The van der Waals surface area contributed by atoms with Crippen molar-refractivity contribution in [3.05, 3.63) is 54.1 Å². The Morgan fingerprint density at radius 1 is 0.938 bits per heavy atom. The number of halogens is 2. The quantitative estimate of drug-likeness (QED) is 0.806. The van der Waals surface area contributed by atoms with E-state index in [1.165, 1.54) is 6.07 Å². The van der Waals surface area contributed by atoms with Crippen molar-refractivity contribution in [1.29, 1.82) is 0 Å². The molecular formula is C12H9F2NS. The molecule has 0 aliphatic carbocycles. The molecule has 0 amide bonds. The van der Waals surface area contributed by atoms with Crippen molar-refractivity contribution < 1.29 is 8.78 Å². The minimum Gasteiger partial charge on any atom is -0.398 e. The summed E-state index contributed by atoms with van der Waals surface area (Å²) in [4.78, 5) is 0.949. The molecule has 0 saturated heterocycles. The normalized spacial score (nSPS) is 10.4. The molecule has 0 aliphatic rings. The maximum atomic E-state index is 13.5. The van der Waals surface area contributed by atoms with Gasteiger partial charge in [0.25, 0.3) is 0 Å². The number of hydrogen-bond donors (Lipinski definition) is 1. The van der Waals surface area contributed by atoms with E-state index in [2.05, 4.69) is 0 Å². The molecule has 0 atom stereocenters. The first-order valence-electron chi connectivity index (χ1n) is 4.65. The Morgan fingerprint density at radius 3 is 2.31 bits per heavy atom. The molecule has 0 aromatic heterocycles. The molecule has 0 heterocycles. The van der Waals surface area contributed by atoms with E-state index in [4.69, 9.17) is 5.73 Å². The van der Waals surface area contributed by atoms with Gasteiger partial charge in [0.1, 0.15) is 0 Å². The second-order valence-electron chi connectivity index (χ2n) is 3.19. The lowest BCUT2D eigenvalue weighted by Crippen LogP contribution is -1.95. The Bertz CT molecular complexity index is 500. The molecule has 2 aromatic carbocycles. The van der Waals surface area contributed by atoms with Gasteiger partial charge in [-0.3, -0.25) is 0 Å². The van der Waals surface area contributed by atoms with Gasteiger partial charge < -0.3 is 5.73 Å². The molecule has 0 bridgehead atoms. The van der Waals surface area contributed by atoms with Gasteiger partial charge in [0, 0.05) is 10.6 Å². The van der Waals surface area contributed by atoms with E-state index in [0.29, 0.717) is 0 Å². The lowest BCUT2D eigenvalue weighted by Gasteiger charge is -2.07. The van der Waals surface area contributed by atoms with Crippen LogP contribution in [-0.2, 0) is 0 Å². The lowest BCUT2D eigenvalue weighted by molar-refractivity contribution is 0.492. The fourth-order valence-electron chi connectivity index (χ4n) is 1.26. The van der Waals surface area contributed by atoms with Gasteiger partial charge >= 0.3 is 0 Å². The van der Waals surface area contributed by atoms with Gasteiger partial charge in [-0.2, -0.15) is 0 Å². The topological polar surface area (TPSA) is 26.0 Å². The van der Waals surface area contributed by atoms with Gasteiger partial charge in [-0.1, -0.05) is 30.0 Å². The third-order valence-electron chi connectivity index (χ3n) is 2.04. The first kappa shape index (κ1) is 11.0. The first-order chi connectivity index (χ1) is 7.68. The minimum atomic E-state index is -0.895. The van der Waals surface area contributed by atoms with Crippen LogP contribution in [0.2, 0.25) is 0 Å². The molecule has 2 aromatic rings. The summed E-state index contributed by atoms with van der Waals surface area (Å²) in [6.45, 7) is 0. The van der Waals surface area contributed by atoms with Crippen molar-refractivity contribution in [2.45, 2.75) is 9.79 Å². The van der Waals surface area contributed by atoms with Gasteiger partial charge in [0.05, 0.1) is 4.90 Å². The van der Waals surface area contributed by atoms with Gasteiger partial charge in [-0.05, 0) is 24.3 Å². The van der Waals surface area contributed by atoms with E-state index in [9.17, 15) is 8.78 Å². The van der Waals surface area contributed by atoms with E-state index < -0.39 is 11.6 Å². The van der Waals surface area contributed by atoms with E-state index >= 15 is 0 Å². The van der Waals surface area contributed by atoms with Crippen molar-refractivity contribution in [3.63, 3.8) is 0 Å². The number of rotatable bonds is 2. The second kappa shape index (κ2) is 4.53. The van der Waals surface area contributed by atoms with E-state index in [-0.39, 0.29) is 10.6 Å². The van der Waals surface area contributed by atoms with Crippen LogP contribution in [0.1, 0.15) is 0 Å². The summed E-state index contributed by atoms with van der Waals surface area (Å²) in [5.41, 5.74) is 5.85. The van der Waals surface area contributed by atoms with Crippen molar-refractivity contribution in [2.24, 2.45) is 0 Å². The molecule has 0 aliphatic heterocycles. The molecule has 82 valence electrons. The zero-order valence-corrected chi connectivity index (χ0v) is 9.10. The summed E-state index contributed by atoms with van der Waals surface area (Å²) in [6, 6.07) is 11.5. The number of anilines is 1. The minimum absolute atomic E-state index is 0.131. The number of nitrogens with two attached hydrogens (primary N) is 1. The highest BCUT2D eigenvalue weighted by Gasteiger charge is 2.12. The maximum absolute atomic E-state index is 13.5. The zero-order chi connectivity index (χ0) is 11.5. The average Bonchev–Trinajstić information content (AvgIpc) is 2.31. The van der Waals surface area contributed by atoms with Crippen LogP contribution in [0.3, 0.4) is 0 Å². The molecular weight excluding hydrogens is 228 g/mol. The van der Waals surface area contributed by atoms with Crippen LogP contribution in [0, 0.1) is 11.6 Å². The van der Waals surface area contributed by atoms with Crippen LogP contribution in [-0.4, -0.2) is 0 Å². The van der Waals surface area contributed by atoms with Gasteiger partial charge in [-0.25, -0.2) is 8.78 Å². The fraction of sp³-hybridized carbons (Fsp3) is 0. The summed E-state index contributed by atoms with van der Waals surface area (Å²) in [5, 5.41) is 0. The van der Waals surface area contributed by atoms with E-state index in [1.807, 2.05) is 30.3 Å². The van der Waals surface area contributed by atoms with Gasteiger partial charge in [0.15, 0.2) is 11.6 Å². The Hall–Kier alpha value is -1.55. The second-order valence-corrected chi connectivity index (χ2v) is 4.28. The molecule has 1 nitrogen and oxygen atoms in total. The first-order valence-corrected chi connectivity index (χ1v) is 5.46. The Kier molecular flexibility index (Phi) is 3.10. The molecule has 16 heavy (non-hydrogen) atoms. The SMILES string of the molecule is Nc1ccc(F)c(F)c1Sc1ccccc1. The third-order valence-corrected chi connectivity index (χ3v) is 3.17. The predicted molar refractivity (Wildman–Crippen MR) is 61.3 cm³/mol. The van der Waals surface area contributed by atoms with Crippen molar-refractivity contribution in [1.82, 2.24) is 0 Å². The number of hydrogen-bond acceptors (Lipinski definition) is 2. The van der Waals surface area contributed by atoms with Gasteiger partial charge in [0.2, 0.25) is 0 Å². The molecule has 0 saturated carbocycles. The Morgan fingerprint density at radius 2 is 1.62 bits per heavy atom. The average molecular weight is 237 g/mol. The standard InChI is InChI=1S/C12H9F2NS/c13-9-6-7-10(15)12(11(9)14)16-8-4-2-1-3-5-8/h1-7H,15H2. The highest BCUT2D eigenvalue weighted by molar-refractivity contribution is 7.99. The van der Waals surface area contributed by atoms with Crippen LogP contribution in [0.25, 0.3) is 0 Å². The predicted octanol–water partition coefficient (Wildman–Crippen LogP) is 3.70. The van der Waals surface area contributed by atoms with Gasteiger partial charge in [-0.15, -0.1) is 0 Å². The van der Waals surface area contributed by atoms with Crippen molar-refractivity contribution >= 4 is 17.4 Å². The molecule has 2 rings (SSSR count). The summed E-state index contributed by atoms with van der Waals surface area (Å²) < 4.78 is 26.5. The maximum Gasteiger partial charge on any atom is 0.174 e. The summed E-state index contributed by atoms with van der Waals surface area (Å²) >= 11 is 1.11. The third kappa shape index (κ3) is 2.17. The molecule has 4 heteroatoms. The molecule has 0 spiro atoms. The summed E-state index contributed by atoms with van der Waals surface area (Å²) in [6.07, 6.45) is 0. The highest BCUT2D eigenvalue weighted by atomic mass is 32.2. The fourth-order valence-corrected chi connectivity index (χ4v) is 2.16. The lowest BCUT2D eigenvalue weighted by atomic mass is 10.3. The molecule has 0 fully saturated rings. The van der Waals surface area contributed by atoms with Crippen molar-refractivity contribution in [2.75, 3.05) is 5.73 Å². The largest absolute Gasteiger partial charge is 0.398 e. The van der Waals surface area contributed by atoms with E-state index in [1.54, 1.807) is 0 Å². The summed E-state index contributed by atoms with van der Waals surface area (Å²) in [7, 11) is 0. The number of nitrogen functional groups attached to an aromatic ring is 1. The Labute approximate surface area is 96.3 Å². The summed E-state index contributed by atoms with van der Waals surface area (Å²) in [5.74, 6) is -1.78. The van der Waals surface area contributed by atoms with Crippen LogP contribution < -0.4 is 5.73 Å². The molecule has 2 N–H and O–H groups in total. The van der Waals surface area contributed by atoms with Crippen LogP contribution in [0.15, 0.2) is 52.3 Å². The molecule has 0 unspecified atom stereocenters. The Balaban J connectivity index is 2.38.